The van der Waals surface area contributed by atoms with Crippen LogP contribution in [0.2, 0.25) is 0 Å². The smallest absolute Gasteiger partial charge is 0.240 e. The van der Waals surface area contributed by atoms with Crippen molar-refractivity contribution < 1.29 is 4.79 Å². The van der Waals surface area contributed by atoms with Gasteiger partial charge in [0.15, 0.2) is 0 Å². The second-order valence-corrected chi connectivity index (χ2v) is 5.95. The number of nitrogens with zero attached hydrogens (tertiary/aromatic N) is 2. The molecule has 0 aromatic carbocycles. The molecule has 0 saturated heterocycles. The van der Waals surface area contributed by atoms with Crippen molar-refractivity contribution >= 4 is 39.2 Å². The van der Waals surface area contributed by atoms with E-state index in [9.17, 15) is 4.79 Å². The molecule has 1 fully saturated rings. The Morgan fingerprint density at radius 2 is 2.29 bits per heavy atom. The minimum absolute atomic E-state index is 0.131. The van der Waals surface area contributed by atoms with Gasteiger partial charge in [0, 0.05) is 19.0 Å². The summed E-state index contributed by atoms with van der Waals surface area (Å²) in [7, 11) is 0. The zero-order chi connectivity index (χ0) is 14.7. The van der Waals surface area contributed by atoms with Crippen LogP contribution in [-0.2, 0) is 4.79 Å². The molecule has 0 bridgehead atoms. The SMILES string of the molecule is NNc1nc(NCCCC(=O)NC2CC2)c2ccsc2n1. The van der Waals surface area contributed by atoms with Crippen LogP contribution in [0.3, 0.4) is 0 Å². The molecule has 1 saturated carbocycles. The first-order valence-electron chi connectivity index (χ1n) is 7.01. The summed E-state index contributed by atoms with van der Waals surface area (Å²) in [5.41, 5.74) is 2.47. The lowest BCUT2D eigenvalue weighted by molar-refractivity contribution is -0.121. The molecule has 7 nitrogen and oxygen atoms in total. The van der Waals surface area contributed by atoms with Gasteiger partial charge in [-0.05, 0) is 30.7 Å². The van der Waals surface area contributed by atoms with Gasteiger partial charge < -0.3 is 10.6 Å². The molecule has 1 aliphatic carbocycles. The van der Waals surface area contributed by atoms with Gasteiger partial charge in [0.2, 0.25) is 11.9 Å². The molecule has 2 aromatic heterocycles. The molecule has 1 aliphatic rings. The Balaban J connectivity index is 1.54. The van der Waals surface area contributed by atoms with Crippen LogP contribution < -0.4 is 21.9 Å². The number of aromatic nitrogens is 2. The minimum Gasteiger partial charge on any atom is -0.369 e. The zero-order valence-corrected chi connectivity index (χ0v) is 12.4. The summed E-state index contributed by atoms with van der Waals surface area (Å²) in [6.45, 7) is 0.685. The lowest BCUT2D eigenvalue weighted by atomic mass is 10.3. The van der Waals surface area contributed by atoms with Gasteiger partial charge in [0.05, 0.1) is 5.39 Å². The van der Waals surface area contributed by atoms with E-state index in [-0.39, 0.29) is 5.91 Å². The second kappa shape index (κ2) is 6.23. The van der Waals surface area contributed by atoms with E-state index < -0.39 is 0 Å². The highest BCUT2D eigenvalue weighted by molar-refractivity contribution is 7.16. The van der Waals surface area contributed by atoms with Crippen molar-refractivity contribution in [2.45, 2.75) is 31.7 Å². The van der Waals surface area contributed by atoms with Crippen molar-refractivity contribution in [3.05, 3.63) is 11.4 Å². The van der Waals surface area contributed by atoms with Crippen LogP contribution in [0.5, 0.6) is 0 Å². The topological polar surface area (TPSA) is 105 Å². The molecule has 0 atom stereocenters. The van der Waals surface area contributed by atoms with E-state index in [1.165, 1.54) is 11.3 Å². The third-order valence-corrected chi connectivity index (χ3v) is 4.08. The molecular formula is C13H18N6OS. The Morgan fingerprint density at radius 3 is 3.05 bits per heavy atom. The van der Waals surface area contributed by atoms with Crippen LogP contribution in [0.25, 0.3) is 10.2 Å². The van der Waals surface area contributed by atoms with Gasteiger partial charge in [-0.2, -0.15) is 4.98 Å². The summed E-state index contributed by atoms with van der Waals surface area (Å²) in [5.74, 6) is 6.64. The number of anilines is 2. The number of carbonyl (C=O) groups is 1. The third-order valence-electron chi connectivity index (χ3n) is 3.27. The van der Waals surface area contributed by atoms with E-state index in [1.54, 1.807) is 0 Å². The number of hydrogen-bond donors (Lipinski definition) is 4. The van der Waals surface area contributed by atoms with Crippen LogP contribution in [0.1, 0.15) is 25.7 Å². The molecule has 2 heterocycles. The first-order valence-corrected chi connectivity index (χ1v) is 7.89. The van der Waals surface area contributed by atoms with Crippen molar-refractivity contribution in [1.29, 1.82) is 0 Å². The number of rotatable bonds is 7. The van der Waals surface area contributed by atoms with Crippen LogP contribution >= 0.6 is 11.3 Å². The molecule has 0 radical (unpaired) electrons. The van der Waals surface area contributed by atoms with Crippen LogP contribution in [0, 0.1) is 0 Å². The summed E-state index contributed by atoms with van der Waals surface area (Å²) in [4.78, 5) is 21.1. The van der Waals surface area contributed by atoms with Gasteiger partial charge in [-0.1, -0.05) is 0 Å². The van der Waals surface area contributed by atoms with Gasteiger partial charge >= 0.3 is 0 Å². The highest BCUT2D eigenvalue weighted by atomic mass is 32.1. The van der Waals surface area contributed by atoms with Crippen molar-refractivity contribution in [3.8, 4) is 0 Å². The molecule has 0 unspecified atom stereocenters. The highest BCUT2D eigenvalue weighted by Gasteiger charge is 2.22. The lowest BCUT2D eigenvalue weighted by Gasteiger charge is -2.08. The van der Waals surface area contributed by atoms with Crippen LogP contribution in [0.4, 0.5) is 11.8 Å². The second-order valence-electron chi connectivity index (χ2n) is 5.05. The molecule has 21 heavy (non-hydrogen) atoms. The number of carbonyl (C=O) groups excluding carboxylic acids is 1. The van der Waals surface area contributed by atoms with E-state index in [4.69, 9.17) is 5.84 Å². The van der Waals surface area contributed by atoms with Gasteiger partial charge in [0.25, 0.3) is 0 Å². The van der Waals surface area contributed by atoms with Gasteiger partial charge in [-0.25, -0.2) is 10.8 Å². The summed E-state index contributed by atoms with van der Waals surface area (Å²) in [6.07, 6.45) is 3.54. The Labute approximate surface area is 126 Å². The maximum Gasteiger partial charge on any atom is 0.240 e. The lowest BCUT2D eigenvalue weighted by Crippen LogP contribution is -2.25. The third kappa shape index (κ3) is 3.59. The maximum absolute atomic E-state index is 11.6. The first-order chi connectivity index (χ1) is 10.3. The molecular weight excluding hydrogens is 288 g/mol. The van der Waals surface area contributed by atoms with E-state index in [2.05, 4.69) is 26.0 Å². The molecule has 0 aliphatic heterocycles. The highest BCUT2D eigenvalue weighted by Crippen LogP contribution is 2.26. The Bertz CT molecular complexity index is 639. The van der Waals surface area contributed by atoms with E-state index in [0.717, 1.165) is 35.3 Å². The average molecular weight is 306 g/mol. The summed E-state index contributed by atoms with van der Waals surface area (Å²) < 4.78 is 0. The molecule has 2 aromatic rings. The van der Waals surface area contributed by atoms with Crippen molar-refractivity contribution in [3.63, 3.8) is 0 Å². The fourth-order valence-electron chi connectivity index (χ4n) is 2.04. The number of hydrogen-bond acceptors (Lipinski definition) is 7. The van der Waals surface area contributed by atoms with Gasteiger partial charge in [-0.15, -0.1) is 11.3 Å². The fourth-order valence-corrected chi connectivity index (χ4v) is 2.80. The standard InChI is InChI=1S/C13H18N6OS/c14-19-13-17-11(9-5-7-21-12(9)18-13)15-6-1-2-10(20)16-8-3-4-8/h5,7-8H,1-4,6,14H2,(H,16,20)(H2,15,17,18,19). The number of amides is 1. The largest absolute Gasteiger partial charge is 0.369 e. The van der Waals surface area contributed by atoms with E-state index in [0.29, 0.717) is 25.0 Å². The predicted molar refractivity (Wildman–Crippen MR) is 84.1 cm³/mol. The Hall–Kier alpha value is -1.93. The molecule has 8 heteroatoms. The van der Waals surface area contributed by atoms with Crippen molar-refractivity contribution in [1.82, 2.24) is 15.3 Å². The summed E-state index contributed by atoms with van der Waals surface area (Å²) >= 11 is 1.54. The van der Waals surface area contributed by atoms with E-state index in [1.807, 2.05) is 11.4 Å². The normalized spacial score (nSPS) is 14.1. The van der Waals surface area contributed by atoms with Crippen LogP contribution in [-0.4, -0.2) is 28.5 Å². The molecule has 3 rings (SSSR count). The first kappa shape index (κ1) is 14.0. The summed E-state index contributed by atoms with van der Waals surface area (Å²) in [6, 6.07) is 2.40. The number of thiophene rings is 1. The van der Waals surface area contributed by atoms with E-state index >= 15 is 0 Å². The van der Waals surface area contributed by atoms with Gasteiger partial charge in [0.1, 0.15) is 10.6 Å². The minimum atomic E-state index is 0.131. The zero-order valence-electron chi connectivity index (χ0n) is 11.6. The number of fused-ring (bicyclic) bond motifs is 1. The monoisotopic (exact) mass is 306 g/mol. The van der Waals surface area contributed by atoms with Crippen molar-refractivity contribution in [2.24, 2.45) is 5.84 Å². The molecule has 5 N–H and O–H groups in total. The molecule has 0 spiro atoms. The Morgan fingerprint density at radius 1 is 1.43 bits per heavy atom. The molecule has 112 valence electrons. The maximum atomic E-state index is 11.6. The average Bonchev–Trinajstić information content (AvgIpc) is 3.16. The number of nitrogen functional groups attached to an aromatic ring is 1. The number of nitrogens with one attached hydrogen (secondary N) is 3. The fraction of sp³-hybridized carbons (Fsp3) is 0.462. The van der Waals surface area contributed by atoms with Gasteiger partial charge in [-0.3, -0.25) is 10.2 Å². The Kier molecular flexibility index (Phi) is 4.16. The quantitative estimate of drug-likeness (QED) is 0.350. The predicted octanol–water partition coefficient (Wildman–Crippen LogP) is 1.45. The number of nitrogens with two attached hydrogens (primary N) is 1. The van der Waals surface area contributed by atoms with Crippen molar-refractivity contribution in [2.75, 3.05) is 17.3 Å². The molecule has 1 amide bonds. The summed E-state index contributed by atoms with van der Waals surface area (Å²) in [5, 5.41) is 9.17. The number of hydrazine groups is 1. The van der Waals surface area contributed by atoms with Crippen LogP contribution in [0.15, 0.2) is 11.4 Å².